The highest BCUT2D eigenvalue weighted by Gasteiger charge is 2.15. The van der Waals surface area contributed by atoms with Gasteiger partial charge in [0.05, 0.1) is 4.90 Å². The molecule has 3 aromatic rings. The number of amides is 1. The zero-order valence-corrected chi connectivity index (χ0v) is 16.5. The fraction of sp³-hybridized carbons (Fsp3) is 0.158. The second-order valence-electron chi connectivity index (χ2n) is 6.18. The molecule has 28 heavy (non-hydrogen) atoms. The van der Waals surface area contributed by atoms with Crippen LogP contribution < -0.4 is 15.6 Å². The number of hydrogen-bond donors (Lipinski definition) is 3. The van der Waals surface area contributed by atoms with Crippen LogP contribution in [-0.2, 0) is 14.8 Å². The molecule has 0 saturated carbocycles. The van der Waals surface area contributed by atoms with E-state index in [1.54, 1.807) is 31.2 Å². The molecule has 0 aliphatic heterocycles. The van der Waals surface area contributed by atoms with Gasteiger partial charge in [-0.3, -0.25) is 9.59 Å². The zero-order chi connectivity index (χ0) is 20.3. The molecule has 0 fully saturated rings. The van der Waals surface area contributed by atoms with Gasteiger partial charge in [0.25, 0.3) is 0 Å². The second-order valence-corrected chi connectivity index (χ2v) is 8.35. The predicted octanol–water partition coefficient (Wildman–Crippen LogP) is 2.80. The third kappa shape index (κ3) is 4.59. The number of fused-ring (bicyclic) bond motifs is 1. The van der Waals surface area contributed by atoms with Crippen molar-refractivity contribution in [3.05, 3.63) is 69.5 Å². The lowest BCUT2D eigenvalue weighted by Gasteiger charge is -2.10. The van der Waals surface area contributed by atoms with Gasteiger partial charge in [0.2, 0.25) is 21.5 Å². The summed E-state index contributed by atoms with van der Waals surface area (Å²) in [6.45, 7) is 1.73. The molecule has 1 aromatic heterocycles. The number of anilines is 1. The van der Waals surface area contributed by atoms with Crippen LogP contribution in [0.4, 0.5) is 5.69 Å². The Balaban J connectivity index is 1.63. The Morgan fingerprint density at radius 2 is 1.93 bits per heavy atom. The molecule has 1 amide bonds. The van der Waals surface area contributed by atoms with Crippen molar-refractivity contribution >= 4 is 44.1 Å². The van der Waals surface area contributed by atoms with E-state index < -0.39 is 10.0 Å². The molecule has 0 saturated heterocycles. The normalized spacial score (nSPS) is 11.5. The molecule has 7 nitrogen and oxygen atoms in total. The lowest BCUT2D eigenvalue weighted by atomic mass is 10.2. The molecule has 0 aliphatic carbocycles. The van der Waals surface area contributed by atoms with E-state index >= 15 is 0 Å². The van der Waals surface area contributed by atoms with Crippen LogP contribution in [0.5, 0.6) is 0 Å². The molecule has 146 valence electrons. The van der Waals surface area contributed by atoms with Gasteiger partial charge in [-0.15, -0.1) is 0 Å². The van der Waals surface area contributed by atoms with Gasteiger partial charge < -0.3 is 10.3 Å². The van der Waals surface area contributed by atoms with E-state index in [1.807, 2.05) is 0 Å². The zero-order valence-electron chi connectivity index (χ0n) is 15.0. The average Bonchev–Trinajstić information content (AvgIpc) is 2.65. The smallest absolute Gasteiger partial charge is 0.248 e. The molecular formula is C19H18ClN3O4S. The molecule has 9 heteroatoms. The van der Waals surface area contributed by atoms with E-state index in [-0.39, 0.29) is 29.3 Å². The van der Waals surface area contributed by atoms with Crippen LogP contribution in [0, 0.1) is 6.92 Å². The summed E-state index contributed by atoms with van der Waals surface area (Å²) >= 11 is 6.02. The van der Waals surface area contributed by atoms with Gasteiger partial charge in [-0.05, 0) is 54.3 Å². The minimum absolute atomic E-state index is 0.0356. The molecular weight excluding hydrogens is 402 g/mol. The van der Waals surface area contributed by atoms with Crippen LogP contribution in [0.1, 0.15) is 12.0 Å². The number of benzene rings is 2. The summed E-state index contributed by atoms with van der Waals surface area (Å²) in [7, 11) is -3.79. The van der Waals surface area contributed by atoms with Crippen molar-refractivity contribution in [2.45, 2.75) is 18.2 Å². The first-order valence-electron chi connectivity index (χ1n) is 8.44. The lowest BCUT2D eigenvalue weighted by Crippen LogP contribution is -2.28. The highest BCUT2D eigenvalue weighted by atomic mass is 35.5. The largest absolute Gasteiger partial charge is 0.326 e. The minimum Gasteiger partial charge on any atom is -0.326 e. The average molecular weight is 420 g/mol. The SMILES string of the molecule is Cc1c(Cl)cccc1NC(=O)CCNS(=O)(=O)c1ccc2[nH]c(=O)ccc2c1. The Morgan fingerprint density at radius 3 is 2.71 bits per heavy atom. The number of pyridine rings is 1. The van der Waals surface area contributed by atoms with Gasteiger partial charge in [0, 0.05) is 35.3 Å². The summed E-state index contributed by atoms with van der Waals surface area (Å²) in [4.78, 5) is 26.1. The number of rotatable bonds is 6. The Kier molecular flexibility index (Phi) is 5.83. The molecule has 0 aliphatic rings. The Bertz CT molecular complexity index is 1210. The van der Waals surface area contributed by atoms with Crippen molar-refractivity contribution in [1.29, 1.82) is 0 Å². The number of carbonyl (C=O) groups excluding carboxylic acids is 1. The van der Waals surface area contributed by atoms with Crippen molar-refractivity contribution in [2.24, 2.45) is 0 Å². The van der Waals surface area contributed by atoms with Crippen LogP contribution in [0.25, 0.3) is 10.9 Å². The Morgan fingerprint density at radius 1 is 1.14 bits per heavy atom. The van der Waals surface area contributed by atoms with Crippen LogP contribution in [0.3, 0.4) is 0 Å². The predicted molar refractivity (Wildman–Crippen MR) is 109 cm³/mol. The third-order valence-corrected chi connectivity index (χ3v) is 6.06. The number of hydrogen-bond acceptors (Lipinski definition) is 4. The fourth-order valence-electron chi connectivity index (χ4n) is 2.64. The number of sulfonamides is 1. The van der Waals surface area contributed by atoms with Gasteiger partial charge in [-0.2, -0.15) is 0 Å². The van der Waals surface area contributed by atoms with E-state index in [4.69, 9.17) is 11.6 Å². The second kappa shape index (κ2) is 8.14. The first-order chi connectivity index (χ1) is 13.3. The minimum atomic E-state index is -3.79. The van der Waals surface area contributed by atoms with E-state index in [1.165, 1.54) is 24.3 Å². The molecule has 1 heterocycles. The van der Waals surface area contributed by atoms with Crippen LogP contribution >= 0.6 is 11.6 Å². The summed E-state index contributed by atoms with van der Waals surface area (Å²) in [6, 6.07) is 12.4. The molecule has 0 bridgehead atoms. The maximum atomic E-state index is 12.4. The third-order valence-electron chi connectivity index (χ3n) is 4.19. The number of aromatic amines is 1. The van der Waals surface area contributed by atoms with E-state index in [9.17, 15) is 18.0 Å². The number of carbonyl (C=O) groups is 1. The summed E-state index contributed by atoms with van der Waals surface area (Å²) in [5, 5.41) is 3.85. The molecule has 0 radical (unpaired) electrons. The molecule has 2 aromatic carbocycles. The highest BCUT2D eigenvalue weighted by molar-refractivity contribution is 7.89. The number of nitrogens with one attached hydrogen (secondary N) is 3. The molecule has 0 atom stereocenters. The van der Waals surface area contributed by atoms with Crippen molar-refractivity contribution in [3.63, 3.8) is 0 Å². The van der Waals surface area contributed by atoms with Crippen molar-refractivity contribution < 1.29 is 13.2 Å². The standard InChI is InChI=1S/C19H18ClN3O4S/c1-12-15(20)3-2-4-16(12)22-19(25)9-10-21-28(26,27)14-6-7-17-13(11-14)5-8-18(24)23-17/h2-8,11,21H,9-10H2,1H3,(H,22,25)(H,23,24). The maximum Gasteiger partial charge on any atom is 0.248 e. The maximum absolute atomic E-state index is 12.4. The van der Waals surface area contributed by atoms with Crippen LogP contribution in [0.15, 0.2) is 58.2 Å². The molecule has 3 N–H and O–H groups in total. The highest BCUT2D eigenvalue weighted by Crippen LogP contribution is 2.23. The van der Waals surface area contributed by atoms with Crippen LogP contribution in [0.2, 0.25) is 5.02 Å². The van der Waals surface area contributed by atoms with Gasteiger partial charge in [0.15, 0.2) is 0 Å². The number of halogens is 1. The number of aromatic nitrogens is 1. The van der Waals surface area contributed by atoms with E-state index in [2.05, 4.69) is 15.0 Å². The van der Waals surface area contributed by atoms with Crippen LogP contribution in [-0.4, -0.2) is 25.9 Å². The van der Waals surface area contributed by atoms with Gasteiger partial charge in [0.1, 0.15) is 0 Å². The molecule has 0 unspecified atom stereocenters. The van der Waals surface area contributed by atoms with Gasteiger partial charge in [-0.25, -0.2) is 13.1 Å². The first kappa shape index (κ1) is 20.1. The van der Waals surface area contributed by atoms with Gasteiger partial charge >= 0.3 is 0 Å². The quantitative estimate of drug-likeness (QED) is 0.570. The van der Waals surface area contributed by atoms with Crippen molar-refractivity contribution in [1.82, 2.24) is 9.71 Å². The first-order valence-corrected chi connectivity index (χ1v) is 10.3. The molecule has 0 spiro atoms. The summed E-state index contributed by atoms with van der Waals surface area (Å²) in [6.07, 6.45) is -0.0356. The van der Waals surface area contributed by atoms with E-state index in [0.29, 0.717) is 21.6 Å². The van der Waals surface area contributed by atoms with E-state index in [0.717, 1.165) is 5.56 Å². The molecule has 3 rings (SSSR count). The fourth-order valence-corrected chi connectivity index (χ4v) is 3.88. The van der Waals surface area contributed by atoms with Crippen molar-refractivity contribution in [3.8, 4) is 0 Å². The Hall–Kier alpha value is -2.68. The number of H-pyrrole nitrogens is 1. The monoisotopic (exact) mass is 419 g/mol. The Labute approximate surface area is 166 Å². The lowest BCUT2D eigenvalue weighted by molar-refractivity contribution is -0.116. The van der Waals surface area contributed by atoms with Crippen molar-refractivity contribution in [2.75, 3.05) is 11.9 Å². The summed E-state index contributed by atoms with van der Waals surface area (Å²) in [5.74, 6) is -0.329. The topological polar surface area (TPSA) is 108 Å². The summed E-state index contributed by atoms with van der Waals surface area (Å²) < 4.78 is 27.3. The summed E-state index contributed by atoms with van der Waals surface area (Å²) in [5.41, 5.74) is 1.61. The van der Waals surface area contributed by atoms with Gasteiger partial charge in [-0.1, -0.05) is 17.7 Å².